The zero-order valence-corrected chi connectivity index (χ0v) is 12.5. The number of aliphatic hydroxyl groups is 1. The molecule has 1 fully saturated rings. The van der Waals surface area contributed by atoms with E-state index in [0.717, 1.165) is 24.9 Å². The summed E-state index contributed by atoms with van der Waals surface area (Å²) in [6, 6.07) is 9.47. The Balaban J connectivity index is 1.88. The number of likely N-dealkylation sites (tertiary alicyclic amines) is 1. The average Bonchev–Trinajstić information content (AvgIpc) is 2.95. The van der Waals surface area contributed by atoms with E-state index < -0.39 is 6.10 Å². The van der Waals surface area contributed by atoms with Crippen LogP contribution in [0, 0.1) is 0 Å². The number of nitrogens with one attached hydrogen (secondary N) is 1. The molecule has 1 aromatic carbocycles. The van der Waals surface area contributed by atoms with Gasteiger partial charge in [0.1, 0.15) is 0 Å². The summed E-state index contributed by atoms with van der Waals surface area (Å²) in [6.07, 6.45) is 1.84. The van der Waals surface area contributed by atoms with E-state index in [1.807, 2.05) is 35.2 Å². The first-order valence-electron chi connectivity index (χ1n) is 7.55. The zero-order chi connectivity index (χ0) is 15.2. The Kier molecular flexibility index (Phi) is 5.73. The SMILES string of the molecule is CNC(=O)C1CCCN1CC(O)C(N)Cc1ccccc1. The van der Waals surface area contributed by atoms with Crippen LogP contribution in [-0.4, -0.2) is 54.2 Å². The van der Waals surface area contributed by atoms with Gasteiger partial charge in [0.25, 0.3) is 0 Å². The van der Waals surface area contributed by atoms with Crippen molar-refractivity contribution >= 4 is 5.91 Å². The number of likely N-dealkylation sites (N-methyl/N-ethyl adjacent to an activating group) is 1. The Bertz CT molecular complexity index is 452. The van der Waals surface area contributed by atoms with Crippen molar-refractivity contribution in [2.24, 2.45) is 5.73 Å². The minimum atomic E-state index is -0.629. The monoisotopic (exact) mass is 291 g/mol. The van der Waals surface area contributed by atoms with Crippen LogP contribution in [0.4, 0.5) is 0 Å². The summed E-state index contributed by atoms with van der Waals surface area (Å²) < 4.78 is 0. The predicted octanol–water partition coefficient (Wildman–Crippen LogP) is 0.128. The maximum absolute atomic E-state index is 11.8. The standard InChI is InChI=1S/C16H25N3O2/c1-18-16(21)14-8-5-9-19(14)11-15(20)13(17)10-12-6-3-2-4-7-12/h2-4,6-7,13-15,20H,5,8-11,17H2,1H3,(H,18,21). The lowest BCUT2D eigenvalue weighted by molar-refractivity contribution is -0.125. The highest BCUT2D eigenvalue weighted by molar-refractivity contribution is 5.81. The third-order valence-electron chi connectivity index (χ3n) is 4.14. The topological polar surface area (TPSA) is 78.6 Å². The van der Waals surface area contributed by atoms with Crippen LogP contribution in [0.3, 0.4) is 0 Å². The molecule has 1 heterocycles. The number of rotatable bonds is 6. The summed E-state index contributed by atoms with van der Waals surface area (Å²) >= 11 is 0. The van der Waals surface area contributed by atoms with Gasteiger partial charge in [-0.25, -0.2) is 0 Å². The summed E-state index contributed by atoms with van der Waals surface area (Å²) in [6.45, 7) is 1.29. The van der Waals surface area contributed by atoms with Gasteiger partial charge in [0.15, 0.2) is 0 Å². The molecular formula is C16H25N3O2. The number of nitrogens with zero attached hydrogens (tertiary/aromatic N) is 1. The van der Waals surface area contributed by atoms with Gasteiger partial charge in [-0.2, -0.15) is 0 Å². The predicted molar refractivity (Wildman–Crippen MR) is 82.8 cm³/mol. The average molecular weight is 291 g/mol. The molecule has 116 valence electrons. The normalized spacial score (nSPS) is 22.0. The third-order valence-corrected chi connectivity index (χ3v) is 4.14. The number of benzene rings is 1. The first-order chi connectivity index (χ1) is 10.1. The van der Waals surface area contributed by atoms with Gasteiger partial charge in [-0.05, 0) is 31.4 Å². The van der Waals surface area contributed by atoms with Crippen molar-refractivity contribution in [2.45, 2.75) is 37.5 Å². The molecule has 0 aromatic heterocycles. The van der Waals surface area contributed by atoms with Gasteiger partial charge < -0.3 is 16.2 Å². The van der Waals surface area contributed by atoms with Gasteiger partial charge in [0.05, 0.1) is 12.1 Å². The van der Waals surface area contributed by atoms with E-state index in [2.05, 4.69) is 5.32 Å². The second-order valence-corrected chi connectivity index (χ2v) is 5.69. The summed E-state index contributed by atoms with van der Waals surface area (Å²) in [5.41, 5.74) is 7.22. The number of hydrogen-bond acceptors (Lipinski definition) is 4. The zero-order valence-electron chi connectivity index (χ0n) is 12.5. The van der Waals surface area contributed by atoms with Gasteiger partial charge in [0, 0.05) is 19.6 Å². The molecule has 1 aromatic rings. The van der Waals surface area contributed by atoms with Crippen LogP contribution >= 0.6 is 0 Å². The number of hydrogen-bond donors (Lipinski definition) is 3. The summed E-state index contributed by atoms with van der Waals surface area (Å²) in [5.74, 6) is 0.0244. The van der Waals surface area contributed by atoms with Crippen LogP contribution in [0.5, 0.6) is 0 Å². The van der Waals surface area contributed by atoms with Gasteiger partial charge >= 0.3 is 0 Å². The van der Waals surface area contributed by atoms with E-state index in [0.29, 0.717) is 13.0 Å². The Morgan fingerprint density at radius 1 is 1.48 bits per heavy atom. The van der Waals surface area contributed by atoms with Crippen LogP contribution in [0.25, 0.3) is 0 Å². The Morgan fingerprint density at radius 2 is 2.19 bits per heavy atom. The Morgan fingerprint density at radius 3 is 2.86 bits per heavy atom. The summed E-state index contributed by atoms with van der Waals surface area (Å²) in [7, 11) is 1.65. The molecule has 3 unspecified atom stereocenters. The number of carbonyl (C=O) groups excluding carboxylic acids is 1. The lowest BCUT2D eigenvalue weighted by Crippen LogP contribution is -2.49. The molecule has 0 aliphatic carbocycles. The highest BCUT2D eigenvalue weighted by Gasteiger charge is 2.32. The van der Waals surface area contributed by atoms with Gasteiger partial charge in [-0.3, -0.25) is 9.69 Å². The van der Waals surface area contributed by atoms with E-state index >= 15 is 0 Å². The fourth-order valence-corrected chi connectivity index (χ4v) is 2.91. The van der Waals surface area contributed by atoms with Crippen molar-refractivity contribution in [1.29, 1.82) is 0 Å². The molecule has 0 radical (unpaired) electrons. The first-order valence-corrected chi connectivity index (χ1v) is 7.55. The molecule has 4 N–H and O–H groups in total. The second kappa shape index (κ2) is 7.54. The second-order valence-electron chi connectivity index (χ2n) is 5.69. The number of β-amino-alcohol motifs (C(OH)–C–C–N with tert-alkyl or cyclic N) is 1. The lowest BCUT2D eigenvalue weighted by Gasteiger charge is -2.28. The molecule has 1 amide bonds. The van der Waals surface area contributed by atoms with Crippen molar-refractivity contribution in [3.8, 4) is 0 Å². The molecule has 2 rings (SSSR count). The lowest BCUT2D eigenvalue weighted by atomic mass is 10.0. The largest absolute Gasteiger partial charge is 0.390 e. The minimum Gasteiger partial charge on any atom is -0.390 e. The van der Waals surface area contributed by atoms with Gasteiger partial charge in [-0.1, -0.05) is 30.3 Å². The Hall–Kier alpha value is -1.43. The molecule has 0 spiro atoms. The summed E-state index contributed by atoms with van der Waals surface area (Å²) in [4.78, 5) is 13.8. The van der Waals surface area contributed by atoms with Gasteiger partial charge in [0.2, 0.25) is 5.91 Å². The van der Waals surface area contributed by atoms with E-state index in [4.69, 9.17) is 5.73 Å². The van der Waals surface area contributed by atoms with Gasteiger partial charge in [-0.15, -0.1) is 0 Å². The number of amides is 1. The molecule has 1 aliphatic rings. The van der Waals surface area contributed by atoms with Crippen LogP contribution < -0.4 is 11.1 Å². The minimum absolute atomic E-state index is 0.0244. The van der Waals surface area contributed by atoms with Crippen molar-refractivity contribution < 1.29 is 9.90 Å². The van der Waals surface area contributed by atoms with Crippen LogP contribution in [0.1, 0.15) is 18.4 Å². The van der Waals surface area contributed by atoms with Crippen molar-refractivity contribution in [2.75, 3.05) is 20.1 Å². The van der Waals surface area contributed by atoms with Crippen LogP contribution in [0.2, 0.25) is 0 Å². The fraction of sp³-hybridized carbons (Fsp3) is 0.562. The molecule has 0 bridgehead atoms. The number of aliphatic hydroxyl groups excluding tert-OH is 1. The molecular weight excluding hydrogens is 266 g/mol. The maximum Gasteiger partial charge on any atom is 0.237 e. The molecule has 1 saturated heterocycles. The van der Waals surface area contributed by atoms with Crippen molar-refractivity contribution in [3.05, 3.63) is 35.9 Å². The molecule has 21 heavy (non-hydrogen) atoms. The molecule has 1 aliphatic heterocycles. The molecule has 5 nitrogen and oxygen atoms in total. The van der Waals surface area contributed by atoms with E-state index in [9.17, 15) is 9.90 Å². The van der Waals surface area contributed by atoms with E-state index in [1.165, 1.54) is 0 Å². The highest BCUT2D eigenvalue weighted by Crippen LogP contribution is 2.18. The van der Waals surface area contributed by atoms with Crippen LogP contribution in [-0.2, 0) is 11.2 Å². The maximum atomic E-state index is 11.8. The smallest absolute Gasteiger partial charge is 0.237 e. The van der Waals surface area contributed by atoms with E-state index in [-0.39, 0.29) is 18.0 Å². The number of carbonyl (C=O) groups is 1. The van der Waals surface area contributed by atoms with Crippen molar-refractivity contribution in [1.82, 2.24) is 10.2 Å². The number of nitrogens with two attached hydrogens (primary N) is 1. The van der Waals surface area contributed by atoms with Crippen LogP contribution in [0.15, 0.2) is 30.3 Å². The quantitative estimate of drug-likeness (QED) is 0.696. The Labute approximate surface area is 126 Å². The van der Waals surface area contributed by atoms with E-state index in [1.54, 1.807) is 7.05 Å². The molecule has 3 atom stereocenters. The molecule has 0 saturated carbocycles. The summed E-state index contributed by atoms with van der Waals surface area (Å²) in [5, 5.41) is 13.0. The fourth-order valence-electron chi connectivity index (χ4n) is 2.91. The third kappa shape index (κ3) is 4.27. The highest BCUT2D eigenvalue weighted by atomic mass is 16.3. The van der Waals surface area contributed by atoms with Crippen molar-refractivity contribution in [3.63, 3.8) is 0 Å². The molecule has 5 heteroatoms. The first kappa shape index (κ1) is 15.9.